The number of amides is 2. The van der Waals surface area contributed by atoms with Crippen molar-refractivity contribution in [3.05, 3.63) is 0 Å². The molecule has 165 valence electrons. The first-order chi connectivity index (χ1) is 12.8. The van der Waals surface area contributed by atoms with Gasteiger partial charge in [0.15, 0.2) is 9.04 Å². The Hall–Kier alpha value is -0.786. The van der Waals surface area contributed by atoms with Crippen molar-refractivity contribution in [2.45, 2.75) is 46.7 Å². The summed E-state index contributed by atoms with van der Waals surface area (Å²) >= 11 is 0. The van der Waals surface area contributed by atoms with E-state index in [-0.39, 0.29) is 29.6 Å². The lowest BCUT2D eigenvalue weighted by atomic mass is 9.85. The fourth-order valence-corrected chi connectivity index (χ4v) is 6.83. The van der Waals surface area contributed by atoms with Crippen molar-refractivity contribution in [1.29, 1.82) is 0 Å². The van der Waals surface area contributed by atoms with Crippen molar-refractivity contribution >= 4 is 29.8 Å². The zero-order chi connectivity index (χ0) is 22.1. The minimum atomic E-state index is -3.24. The van der Waals surface area contributed by atoms with Crippen molar-refractivity contribution in [1.82, 2.24) is 4.98 Å². The van der Waals surface area contributed by atoms with Crippen LogP contribution in [0.4, 0.5) is 0 Å². The molecule has 0 aliphatic carbocycles. The molecular weight excluding hydrogens is 394 g/mol. The van der Waals surface area contributed by atoms with Gasteiger partial charge in [-0.05, 0) is 32.9 Å². The van der Waals surface area contributed by atoms with Crippen LogP contribution in [0.2, 0.25) is 13.1 Å². The topological polar surface area (TPSA) is 99.9 Å². The van der Waals surface area contributed by atoms with Crippen LogP contribution in [0, 0.1) is 17.8 Å². The standard InChI is InChI=1S/C18H40N3O5Si2/c1-10-21(4,5)13-16(12-11-14(2)17(19)22)15(3)18(23)20-28(24-6,25-7)26-27(8)9/h14-16H,10-13H2,1-9H3,(H2-,19,20,22,23)/p+1. The van der Waals surface area contributed by atoms with Crippen molar-refractivity contribution in [3.63, 3.8) is 0 Å². The maximum absolute atomic E-state index is 13.0. The van der Waals surface area contributed by atoms with E-state index in [1.165, 1.54) is 14.2 Å². The summed E-state index contributed by atoms with van der Waals surface area (Å²) in [4.78, 5) is 27.4. The predicted octanol–water partition coefficient (Wildman–Crippen LogP) is 1.35. The molecular formula is C18H41N3O5Si2+. The fourth-order valence-electron chi connectivity index (χ4n) is 2.91. The summed E-state index contributed by atoms with van der Waals surface area (Å²) in [6.45, 7) is 11.6. The third-order valence-electron chi connectivity index (χ3n) is 5.31. The molecule has 0 bridgehead atoms. The SMILES string of the molecule is CC[N+](C)(C)CC(CCC(C)C(N)=O)C(C)C(=O)N[Si](OC)(OC)O[Si](C)C. The molecule has 0 aromatic heterocycles. The predicted molar refractivity (Wildman–Crippen MR) is 114 cm³/mol. The smallest absolute Gasteiger partial charge is 0.399 e. The molecule has 3 unspecified atom stereocenters. The van der Waals surface area contributed by atoms with Crippen molar-refractivity contribution in [2.75, 3.05) is 41.4 Å². The summed E-state index contributed by atoms with van der Waals surface area (Å²) in [5, 5.41) is 0. The van der Waals surface area contributed by atoms with Gasteiger partial charge in [-0.25, -0.2) is 0 Å². The van der Waals surface area contributed by atoms with Gasteiger partial charge in [0, 0.05) is 32.0 Å². The van der Waals surface area contributed by atoms with Gasteiger partial charge in [-0.3, -0.25) is 9.59 Å². The second-order valence-corrected chi connectivity index (χ2v) is 13.1. The molecule has 10 heteroatoms. The van der Waals surface area contributed by atoms with E-state index in [1.807, 2.05) is 26.9 Å². The number of quaternary nitrogens is 1. The first-order valence-corrected chi connectivity index (χ1v) is 14.0. The van der Waals surface area contributed by atoms with E-state index in [2.05, 4.69) is 26.0 Å². The van der Waals surface area contributed by atoms with E-state index in [1.54, 1.807) is 0 Å². The average molecular weight is 436 g/mol. The van der Waals surface area contributed by atoms with Crippen LogP contribution in [0.5, 0.6) is 0 Å². The Morgan fingerprint density at radius 2 is 1.68 bits per heavy atom. The number of nitrogens with zero attached hydrogens (tertiary/aromatic N) is 1. The maximum atomic E-state index is 13.0. The monoisotopic (exact) mass is 435 g/mol. The molecule has 0 aliphatic rings. The number of nitrogens with one attached hydrogen (secondary N) is 1. The number of hydrogen-bond donors (Lipinski definition) is 2. The molecule has 28 heavy (non-hydrogen) atoms. The van der Waals surface area contributed by atoms with Crippen LogP contribution in [0.3, 0.4) is 0 Å². The molecule has 3 atom stereocenters. The van der Waals surface area contributed by atoms with Gasteiger partial charge in [-0.15, -0.1) is 0 Å². The number of primary amides is 1. The van der Waals surface area contributed by atoms with E-state index in [9.17, 15) is 9.59 Å². The summed E-state index contributed by atoms with van der Waals surface area (Å²) in [6, 6.07) is 0. The number of hydrogen-bond acceptors (Lipinski definition) is 5. The Morgan fingerprint density at radius 1 is 1.14 bits per heavy atom. The lowest BCUT2D eigenvalue weighted by Crippen LogP contribution is -2.63. The zero-order valence-electron chi connectivity index (χ0n) is 19.1. The Labute approximate surface area is 173 Å². The summed E-state index contributed by atoms with van der Waals surface area (Å²) in [5.74, 6) is -0.861. The largest absolute Gasteiger partial charge is 0.622 e. The summed E-state index contributed by atoms with van der Waals surface area (Å²) in [7, 11) is 2.91. The summed E-state index contributed by atoms with van der Waals surface area (Å²) < 4.78 is 17.6. The minimum absolute atomic E-state index is 0.0881. The highest BCUT2D eigenvalue weighted by molar-refractivity contribution is 6.70. The highest BCUT2D eigenvalue weighted by Gasteiger charge is 2.45. The molecule has 0 saturated heterocycles. The quantitative estimate of drug-likeness (QED) is 0.317. The van der Waals surface area contributed by atoms with Crippen LogP contribution < -0.4 is 10.7 Å². The summed E-state index contributed by atoms with van der Waals surface area (Å²) in [6.07, 6.45) is 1.40. The van der Waals surface area contributed by atoms with Gasteiger partial charge in [0.25, 0.3) is 0 Å². The Balaban J connectivity index is 5.38. The van der Waals surface area contributed by atoms with E-state index in [4.69, 9.17) is 18.7 Å². The van der Waals surface area contributed by atoms with Crippen LogP contribution in [0.15, 0.2) is 0 Å². The van der Waals surface area contributed by atoms with Gasteiger partial charge in [0.2, 0.25) is 11.8 Å². The van der Waals surface area contributed by atoms with Crippen molar-refractivity contribution < 1.29 is 27.0 Å². The van der Waals surface area contributed by atoms with Crippen LogP contribution in [0.25, 0.3) is 0 Å². The van der Waals surface area contributed by atoms with E-state index >= 15 is 0 Å². The second kappa shape index (κ2) is 12.0. The molecule has 0 aromatic carbocycles. The molecule has 0 aliphatic heterocycles. The van der Waals surface area contributed by atoms with Gasteiger partial charge < -0.3 is 28.2 Å². The Bertz CT molecular complexity index is 502. The molecule has 0 fully saturated rings. The van der Waals surface area contributed by atoms with Gasteiger partial charge in [0.05, 0.1) is 27.2 Å². The lowest BCUT2D eigenvalue weighted by Gasteiger charge is -2.36. The first-order valence-electron chi connectivity index (χ1n) is 9.85. The summed E-state index contributed by atoms with van der Waals surface area (Å²) in [5.41, 5.74) is 5.41. The van der Waals surface area contributed by atoms with Gasteiger partial charge in [-0.1, -0.05) is 13.8 Å². The highest BCUT2D eigenvalue weighted by Crippen LogP contribution is 2.24. The number of carbonyl (C=O) groups excluding carboxylic acids is 2. The van der Waals surface area contributed by atoms with Crippen LogP contribution >= 0.6 is 0 Å². The van der Waals surface area contributed by atoms with Crippen molar-refractivity contribution in [3.8, 4) is 0 Å². The molecule has 0 spiro atoms. The number of nitrogens with two attached hydrogens (primary N) is 1. The normalized spacial score (nSPS) is 15.9. The Morgan fingerprint density at radius 3 is 2.07 bits per heavy atom. The van der Waals surface area contributed by atoms with Crippen LogP contribution in [-0.4, -0.2) is 75.7 Å². The zero-order valence-corrected chi connectivity index (χ0v) is 21.1. The number of rotatable bonds is 14. The molecule has 1 radical (unpaired) electrons. The third kappa shape index (κ3) is 9.14. The third-order valence-corrected chi connectivity index (χ3v) is 9.65. The van der Waals surface area contributed by atoms with Crippen molar-refractivity contribution in [2.24, 2.45) is 23.5 Å². The maximum Gasteiger partial charge on any atom is 0.622 e. The average Bonchev–Trinajstić information content (AvgIpc) is 2.62. The number of carbonyl (C=O) groups is 2. The second-order valence-electron chi connectivity index (χ2n) is 8.33. The van der Waals surface area contributed by atoms with Gasteiger partial charge in [-0.2, -0.15) is 0 Å². The molecule has 8 nitrogen and oxygen atoms in total. The van der Waals surface area contributed by atoms with Gasteiger partial charge >= 0.3 is 8.97 Å². The van der Waals surface area contributed by atoms with Crippen LogP contribution in [0.1, 0.15) is 33.6 Å². The minimum Gasteiger partial charge on any atom is -0.399 e. The molecule has 3 N–H and O–H groups in total. The molecule has 0 heterocycles. The lowest BCUT2D eigenvalue weighted by molar-refractivity contribution is -0.892. The molecule has 0 rings (SSSR count). The fraction of sp³-hybridized carbons (Fsp3) is 0.889. The molecule has 0 aromatic rings. The van der Waals surface area contributed by atoms with E-state index in [0.29, 0.717) is 6.42 Å². The Kier molecular flexibility index (Phi) is 11.7. The van der Waals surface area contributed by atoms with E-state index < -0.39 is 18.0 Å². The van der Waals surface area contributed by atoms with Crippen LogP contribution in [-0.2, 0) is 22.6 Å². The molecule has 0 saturated carbocycles. The molecule has 2 amide bonds. The highest BCUT2D eigenvalue weighted by atomic mass is 28.4. The van der Waals surface area contributed by atoms with Gasteiger partial charge in [0.1, 0.15) is 0 Å². The first kappa shape index (κ1) is 27.2. The van der Waals surface area contributed by atoms with E-state index in [0.717, 1.165) is 24.0 Å².